The van der Waals surface area contributed by atoms with Gasteiger partial charge in [0.2, 0.25) is 0 Å². The Morgan fingerprint density at radius 3 is 2.71 bits per heavy atom. The molecule has 4 heteroatoms. The van der Waals surface area contributed by atoms with Crippen molar-refractivity contribution in [1.82, 2.24) is 10.3 Å². The number of carbonyl (C=O) groups excluding carboxylic acids is 1. The van der Waals surface area contributed by atoms with Crippen LogP contribution in [-0.2, 0) is 0 Å². The fourth-order valence-electron chi connectivity index (χ4n) is 1.03. The van der Waals surface area contributed by atoms with Crippen molar-refractivity contribution in [2.24, 2.45) is 0 Å². The number of aromatic nitrogens is 1. The molecule has 1 heterocycles. The molecule has 0 atom stereocenters. The molecule has 0 unspecified atom stereocenters. The minimum absolute atomic E-state index is 0.0131. The second kappa shape index (κ2) is 6.75. The number of pyridine rings is 1. The van der Waals surface area contributed by atoms with Crippen molar-refractivity contribution in [2.75, 3.05) is 11.0 Å². The van der Waals surface area contributed by atoms with Crippen molar-refractivity contribution in [3.8, 4) is 0 Å². The molecule has 0 saturated carbocycles. The molecule has 14 heavy (non-hydrogen) atoms. The minimum atomic E-state index is -0.0131. The van der Waals surface area contributed by atoms with E-state index in [2.05, 4.69) is 32.9 Å². The zero-order valence-electron chi connectivity index (χ0n) is 7.87. The first-order valence-corrected chi connectivity index (χ1v) is 6.11. The van der Waals surface area contributed by atoms with E-state index in [9.17, 15) is 4.79 Å². The third kappa shape index (κ3) is 4.04. The summed E-state index contributed by atoms with van der Waals surface area (Å²) < 4.78 is 1.14. The molecular weight excluding hydrogens is 291 g/mol. The van der Waals surface area contributed by atoms with Gasteiger partial charge in [0.25, 0.3) is 5.91 Å². The first kappa shape index (κ1) is 11.4. The molecule has 1 amide bonds. The molecule has 0 aliphatic rings. The molecule has 1 aromatic heterocycles. The zero-order valence-corrected chi connectivity index (χ0v) is 10.0. The highest BCUT2D eigenvalue weighted by Gasteiger charge is 2.02. The Hall–Kier alpha value is -0.650. The summed E-state index contributed by atoms with van der Waals surface area (Å²) in [5, 5.41) is 2.86. The van der Waals surface area contributed by atoms with Crippen molar-refractivity contribution in [2.45, 2.75) is 12.8 Å². The van der Waals surface area contributed by atoms with Gasteiger partial charge in [-0.15, -0.1) is 0 Å². The summed E-state index contributed by atoms with van der Waals surface area (Å²) in [4.78, 5) is 15.3. The van der Waals surface area contributed by atoms with Gasteiger partial charge in [-0.3, -0.25) is 9.78 Å². The summed E-state index contributed by atoms with van der Waals surface area (Å²) in [5.41, 5.74) is 0.675. The number of hydrogen-bond donors (Lipinski definition) is 1. The van der Waals surface area contributed by atoms with Crippen LogP contribution in [0.25, 0.3) is 0 Å². The van der Waals surface area contributed by atoms with Gasteiger partial charge in [-0.25, -0.2) is 0 Å². The Labute approximate surface area is 97.4 Å². The normalized spacial score (nSPS) is 9.79. The third-order valence-electron chi connectivity index (χ3n) is 1.79. The molecule has 3 nitrogen and oxygen atoms in total. The van der Waals surface area contributed by atoms with Gasteiger partial charge in [-0.1, -0.05) is 22.6 Å². The maximum atomic E-state index is 11.5. The molecule has 0 radical (unpaired) electrons. The number of hydrogen-bond acceptors (Lipinski definition) is 2. The molecule has 1 rings (SSSR count). The van der Waals surface area contributed by atoms with E-state index in [1.54, 1.807) is 24.5 Å². The van der Waals surface area contributed by atoms with Crippen LogP contribution in [-0.4, -0.2) is 21.9 Å². The Balaban J connectivity index is 2.29. The average Bonchev–Trinajstić information content (AvgIpc) is 2.25. The molecule has 1 N–H and O–H groups in total. The fraction of sp³-hybridized carbons (Fsp3) is 0.400. The van der Waals surface area contributed by atoms with Gasteiger partial charge >= 0.3 is 0 Å². The van der Waals surface area contributed by atoms with Crippen molar-refractivity contribution in [1.29, 1.82) is 0 Å². The number of carbonyl (C=O) groups is 1. The van der Waals surface area contributed by atoms with Crippen molar-refractivity contribution < 1.29 is 4.79 Å². The van der Waals surface area contributed by atoms with Crippen LogP contribution in [0.4, 0.5) is 0 Å². The summed E-state index contributed by atoms with van der Waals surface area (Å²) >= 11 is 2.34. The standard InChI is InChI=1S/C10H13IN2O/c11-5-1-2-6-13-10(14)9-3-7-12-8-4-9/h3-4,7-8H,1-2,5-6H2,(H,13,14). The average molecular weight is 304 g/mol. The van der Waals surface area contributed by atoms with Gasteiger partial charge in [-0.05, 0) is 29.4 Å². The van der Waals surface area contributed by atoms with Gasteiger partial charge in [0, 0.05) is 24.5 Å². The lowest BCUT2D eigenvalue weighted by Gasteiger charge is -2.03. The first-order valence-electron chi connectivity index (χ1n) is 4.59. The summed E-state index contributed by atoms with van der Waals surface area (Å²) in [5.74, 6) is -0.0131. The second-order valence-electron chi connectivity index (χ2n) is 2.89. The van der Waals surface area contributed by atoms with Crippen LogP contribution >= 0.6 is 22.6 Å². The fourth-order valence-corrected chi connectivity index (χ4v) is 1.57. The summed E-state index contributed by atoms with van der Waals surface area (Å²) in [6.45, 7) is 0.754. The predicted octanol–water partition coefficient (Wildman–Crippen LogP) is 2.03. The summed E-state index contributed by atoms with van der Waals surface area (Å²) in [6, 6.07) is 3.43. The van der Waals surface area contributed by atoms with Crippen LogP contribution in [0, 0.1) is 0 Å². The Morgan fingerprint density at radius 2 is 2.07 bits per heavy atom. The minimum Gasteiger partial charge on any atom is -0.352 e. The monoisotopic (exact) mass is 304 g/mol. The Bertz CT molecular complexity index is 277. The highest BCUT2D eigenvalue weighted by atomic mass is 127. The lowest BCUT2D eigenvalue weighted by Crippen LogP contribution is -2.24. The summed E-state index contributed by atoms with van der Waals surface area (Å²) in [6.07, 6.45) is 5.44. The van der Waals surface area contributed by atoms with E-state index < -0.39 is 0 Å². The van der Waals surface area contributed by atoms with Crippen molar-refractivity contribution >= 4 is 28.5 Å². The van der Waals surface area contributed by atoms with Crippen molar-refractivity contribution in [3.05, 3.63) is 30.1 Å². The summed E-state index contributed by atoms with van der Waals surface area (Å²) in [7, 11) is 0. The topological polar surface area (TPSA) is 42.0 Å². The predicted molar refractivity (Wildman–Crippen MR) is 64.7 cm³/mol. The first-order chi connectivity index (χ1) is 6.84. The molecule has 0 bridgehead atoms. The Kier molecular flexibility index (Phi) is 5.51. The van der Waals surface area contributed by atoms with Gasteiger partial charge in [0.1, 0.15) is 0 Å². The highest BCUT2D eigenvalue weighted by Crippen LogP contribution is 1.97. The van der Waals surface area contributed by atoms with Crippen LogP contribution in [0.5, 0.6) is 0 Å². The Morgan fingerprint density at radius 1 is 1.36 bits per heavy atom. The number of nitrogens with zero attached hydrogens (tertiary/aromatic N) is 1. The van der Waals surface area contributed by atoms with E-state index >= 15 is 0 Å². The second-order valence-corrected chi connectivity index (χ2v) is 3.97. The molecule has 0 spiro atoms. The lowest BCUT2D eigenvalue weighted by molar-refractivity contribution is 0.0953. The van der Waals surface area contributed by atoms with Gasteiger partial charge in [0.15, 0.2) is 0 Å². The molecule has 0 aliphatic heterocycles. The van der Waals surface area contributed by atoms with E-state index in [4.69, 9.17) is 0 Å². The van der Waals surface area contributed by atoms with E-state index in [0.29, 0.717) is 5.56 Å². The van der Waals surface area contributed by atoms with Crippen LogP contribution in [0.2, 0.25) is 0 Å². The molecule has 0 saturated heterocycles. The number of unbranched alkanes of at least 4 members (excludes halogenated alkanes) is 1. The van der Waals surface area contributed by atoms with Crippen LogP contribution in [0.3, 0.4) is 0 Å². The largest absolute Gasteiger partial charge is 0.352 e. The van der Waals surface area contributed by atoms with E-state index in [1.165, 1.54) is 0 Å². The quantitative estimate of drug-likeness (QED) is 0.514. The zero-order chi connectivity index (χ0) is 10.2. The number of halogens is 1. The van der Waals surface area contributed by atoms with Crippen molar-refractivity contribution in [3.63, 3.8) is 0 Å². The van der Waals surface area contributed by atoms with E-state index in [1.807, 2.05) is 0 Å². The maximum absolute atomic E-state index is 11.5. The van der Waals surface area contributed by atoms with Gasteiger partial charge in [-0.2, -0.15) is 0 Å². The smallest absolute Gasteiger partial charge is 0.251 e. The van der Waals surface area contributed by atoms with Crippen LogP contribution in [0.1, 0.15) is 23.2 Å². The number of rotatable bonds is 5. The van der Waals surface area contributed by atoms with Crippen LogP contribution < -0.4 is 5.32 Å². The van der Waals surface area contributed by atoms with Gasteiger partial charge < -0.3 is 5.32 Å². The molecule has 76 valence electrons. The number of amides is 1. The van der Waals surface area contributed by atoms with Crippen LogP contribution in [0.15, 0.2) is 24.5 Å². The molecule has 0 aromatic carbocycles. The van der Waals surface area contributed by atoms with E-state index in [0.717, 1.165) is 23.8 Å². The van der Waals surface area contributed by atoms with Gasteiger partial charge in [0.05, 0.1) is 0 Å². The highest BCUT2D eigenvalue weighted by molar-refractivity contribution is 14.1. The van der Waals surface area contributed by atoms with E-state index in [-0.39, 0.29) is 5.91 Å². The molecular formula is C10H13IN2O. The SMILES string of the molecule is O=C(NCCCCI)c1ccncc1. The lowest BCUT2D eigenvalue weighted by atomic mass is 10.2. The number of alkyl halides is 1. The third-order valence-corrected chi connectivity index (χ3v) is 2.55. The maximum Gasteiger partial charge on any atom is 0.251 e. The molecule has 0 aliphatic carbocycles. The number of nitrogens with one attached hydrogen (secondary N) is 1. The molecule has 1 aromatic rings. The molecule has 0 fully saturated rings.